The van der Waals surface area contributed by atoms with Crippen LogP contribution < -0.4 is 20.1 Å². The smallest absolute Gasteiger partial charge is 0.191 e. The second-order valence-electron chi connectivity index (χ2n) is 6.83. The van der Waals surface area contributed by atoms with Crippen molar-refractivity contribution in [3.05, 3.63) is 59.9 Å². The van der Waals surface area contributed by atoms with E-state index in [1.165, 1.54) is 0 Å². The third-order valence-electron chi connectivity index (χ3n) is 4.51. The van der Waals surface area contributed by atoms with Gasteiger partial charge in [0.05, 0.1) is 20.2 Å². The maximum absolute atomic E-state index is 5.99. The first-order valence-corrected chi connectivity index (χ1v) is 9.81. The molecule has 158 valence electrons. The lowest BCUT2D eigenvalue weighted by Crippen LogP contribution is -2.41. The Hall–Kier alpha value is -3.55. The van der Waals surface area contributed by atoms with Gasteiger partial charge in [0.2, 0.25) is 0 Å². The zero-order valence-corrected chi connectivity index (χ0v) is 17.8. The molecule has 3 rings (SSSR count). The van der Waals surface area contributed by atoms with Crippen molar-refractivity contribution in [3.63, 3.8) is 0 Å². The SMILES string of the molecule is CN=C(NCc1nc(-c2ccc(OC)cc2)n[nH]1)NCC(C)Oc1ccccc1C. The lowest BCUT2D eigenvalue weighted by molar-refractivity contribution is 0.222. The number of hydrogen-bond acceptors (Lipinski definition) is 5. The van der Waals surface area contributed by atoms with Crippen molar-refractivity contribution in [2.45, 2.75) is 26.5 Å². The topological polar surface area (TPSA) is 96.5 Å². The highest BCUT2D eigenvalue weighted by Gasteiger charge is 2.09. The van der Waals surface area contributed by atoms with Gasteiger partial charge >= 0.3 is 0 Å². The number of aromatic nitrogens is 3. The third kappa shape index (κ3) is 5.73. The van der Waals surface area contributed by atoms with Crippen LogP contribution in [-0.4, -0.2) is 47.9 Å². The maximum atomic E-state index is 5.99. The molecule has 1 atom stereocenters. The van der Waals surface area contributed by atoms with Crippen molar-refractivity contribution >= 4 is 5.96 Å². The number of hydrogen-bond donors (Lipinski definition) is 3. The molecule has 8 heteroatoms. The van der Waals surface area contributed by atoms with Crippen LogP contribution in [0.15, 0.2) is 53.5 Å². The zero-order chi connectivity index (χ0) is 21.3. The zero-order valence-electron chi connectivity index (χ0n) is 17.8. The van der Waals surface area contributed by atoms with Crippen molar-refractivity contribution < 1.29 is 9.47 Å². The normalized spacial score (nSPS) is 12.3. The largest absolute Gasteiger partial charge is 0.497 e. The summed E-state index contributed by atoms with van der Waals surface area (Å²) in [7, 11) is 3.37. The molecule has 0 aliphatic carbocycles. The highest BCUT2D eigenvalue weighted by atomic mass is 16.5. The molecule has 0 amide bonds. The van der Waals surface area contributed by atoms with Gasteiger partial charge in [0.1, 0.15) is 23.4 Å². The molecule has 0 spiro atoms. The molecule has 0 radical (unpaired) electrons. The van der Waals surface area contributed by atoms with Gasteiger partial charge < -0.3 is 20.1 Å². The summed E-state index contributed by atoms with van der Waals surface area (Å²) in [5.41, 5.74) is 2.04. The van der Waals surface area contributed by atoms with E-state index < -0.39 is 0 Å². The number of rotatable bonds is 8. The molecule has 1 aromatic heterocycles. The second-order valence-corrected chi connectivity index (χ2v) is 6.83. The van der Waals surface area contributed by atoms with E-state index in [1.807, 2.05) is 62.4 Å². The number of para-hydroxylation sites is 1. The highest BCUT2D eigenvalue weighted by molar-refractivity contribution is 5.79. The first-order valence-electron chi connectivity index (χ1n) is 9.81. The van der Waals surface area contributed by atoms with E-state index in [2.05, 4.69) is 30.8 Å². The molecule has 0 aliphatic rings. The average Bonchev–Trinajstić information content (AvgIpc) is 3.24. The minimum Gasteiger partial charge on any atom is -0.497 e. The molecular weight excluding hydrogens is 380 g/mol. The van der Waals surface area contributed by atoms with Crippen LogP contribution in [0.1, 0.15) is 18.3 Å². The number of ether oxygens (including phenoxy) is 2. The monoisotopic (exact) mass is 408 g/mol. The van der Waals surface area contributed by atoms with Gasteiger partial charge in [0, 0.05) is 12.6 Å². The van der Waals surface area contributed by atoms with Crippen molar-refractivity contribution in [1.82, 2.24) is 25.8 Å². The van der Waals surface area contributed by atoms with Crippen molar-refractivity contribution in [1.29, 1.82) is 0 Å². The van der Waals surface area contributed by atoms with Crippen LogP contribution in [0.5, 0.6) is 11.5 Å². The number of guanidine groups is 1. The van der Waals surface area contributed by atoms with Crippen LogP contribution >= 0.6 is 0 Å². The summed E-state index contributed by atoms with van der Waals surface area (Å²) in [6.07, 6.45) is -0.0170. The molecule has 30 heavy (non-hydrogen) atoms. The Balaban J connectivity index is 1.48. The maximum Gasteiger partial charge on any atom is 0.191 e. The number of benzene rings is 2. The quantitative estimate of drug-likeness (QED) is 0.392. The van der Waals surface area contributed by atoms with Gasteiger partial charge in [0.15, 0.2) is 11.8 Å². The number of aryl methyl sites for hydroxylation is 1. The Labute approximate surface area is 176 Å². The number of nitrogens with zero attached hydrogens (tertiary/aromatic N) is 3. The van der Waals surface area contributed by atoms with E-state index >= 15 is 0 Å². The summed E-state index contributed by atoms with van der Waals surface area (Å²) in [5.74, 6) is 3.71. The fourth-order valence-corrected chi connectivity index (χ4v) is 2.82. The molecule has 3 N–H and O–H groups in total. The number of nitrogens with one attached hydrogen (secondary N) is 3. The van der Waals surface area contributed by atoms with E-state index in [0.717, 1.165) is 22.6 Å². The van der Waals surface area contributed by atoms with Gasteiger partial charge in [-0.2, -0.15) is 5.10 Å². The van der Waals surface area contributed by atoms with Gasteiger partial charge in [-0.3, -0.25) is 10.1 Å². The lowest BCUT2D eigenvalue weighted by atomic mass is 10.2. The first-order chi connectivity index (χ1) is 14.6. The molecule has 0 saturated heterocycles. The Morgan fingerprint density at radius 2 is 1.90 bits per heavy atom. The Morgan fingerprint density at radius 1 is 1.13 bits per heavy atom. The molecule has 8 nitrogen and oxygen atoms in total. The average molecular weight is 409 g/mol. The standard InChI is InChI=1S/C22H28N6O2/c1-15-7-5-6-8-19(15)30-16(2)13-24-22(23-3)25-14-20-26-21(28-27-20)17-9-11-18(29-4)12-10-17/h5-12,16H,13-14H2,1-4H3,(H2,23,24,25)(H,26,27,28). The van der Waals surface area contributed by atoms with Crippen LogP contribution in [0, 0.1) is 6.92 Å². The molecule has 2 aromatic carbocycles. The van der Waals surface area contributed by atoms with Crippen molar-refractivity contribution in [3.8, 4) is 22.9 Å². The van der Waals surface area contributed by atoms with Crippen LogP contribution in [-0.2, 0) is 6.54 Å². The predicted octanol–water partition coefficient (Wildman–Crippen LogP) is 2.92. The van der Waals surface area contributed by atoms with Crippen LogP contribution in [0.25, 0.3) is 11.4 Å². The molecule has 3 aromatic rings. The van der Waals surface area contributed by atoms with E-state index in [-0.39, 0.29) is 6.10 Å². The molecule has 0 bridgehead atoms. The first kappa shape index (κ1) is 21.2. The van der Waals surface area contributed by atoms with Crippen LogP contribution in [0.2, 0.25) is 0 Å². The number of H-pyrrole nitrogens is 1. The molecule has 1 heterocycles. The summed E-state index contributed by atoms with van der Waals surface area (Å²) >= 11 is 0. The molecule has 1 unspecified atom stereocenters. The second kappa shape index (κ2) is 10.3. The molecular formula is C22H28N6O2. The van der Waals surface area contributed by atoms with Gasteiger partial charge in [-0.25, -0.2) is 4.98 Å². The Bertz CT molecular complexity index is 968. The van der Waals surface area contributed by atoms with E-state index in [0.29, 0.717) is 30.7 Å². The molecule has 0 aliphatic heterocycles. The highest BCUT2D eigenvalue weighted by Crippen LogP contribution is 2.19. The van der Waals surface area contributed by atoms with Gasteiger partial charge in [0.25, 0.3) is 0 Å². The van der Waals surface area contributed by atoms with Crippen molar-refractivity contribution in [2.75, 3.05) is 20.7 Å². The number of aromatic amines is 1. The summed E-state index contributed by atoms with van der Waals surface area (Å²) < 4.78 is 11.2. The summed E-state index contributed by atoms with van der Waals surface area (Å²) in [5, 5.41) is 13.7. The molecule has 0 fully saturated rings. The fraction of sp³-hybridized carbons (Fsp3) is 0.318. The van der Waals surface area contributed by atoms with Crippen molar-refractivity contribution in [2.24, 2.45) is 4.99 Å². The Morgan fingerprint density at radius 3 is 2.60 bits per heavy atom. The summed E-state index contributed by atoms with van der Waals surface area (Å²) in [6.45, 7) is 5.13. The summed E-state index contributed by atoms with van der Waals surface area (Å²) in [6, 6.07) is 15.6. The fourth-order valence-electron chi connectivity index (χ4n) is 2.82. The predicted molar refractivity (Wildman–Crippen MR) is 118 cm³/mol. The van der Waals surface area contributed by atoms with Crippen LogP contribution in [0.4, 0.5) is 0 Å². The van der Waals surface area contributed by atoms with E-state index in [4.69, 9.17) is 9.47 Å². The van der Waals surface area contributed by atoms with Gasteiger partial charge in [-0.1, -0.05) is 18.2 Å². The summed E-state index contributed by atoms with van der Waals surface area (Å²) in [4.78, 5) is 8.77. The third-order valence-corrected chi connectivity index (χ3v) is 4.51. The molecule has 0 saturated carbocycles. The van der Waals surface area contributed by atoms with Gasteiger partial charge in [-0.15, -0.1) is 0 Å². The number of aliphatic imine (C=N–C) groups is 1. The van der Waals surface area contributed by atoms with E-state index in [1.54, 1.807) is 14.2 Å². The van der Waals surface area contributed by atoms with Gasteiger partial charge in [-0.05, 0) is 49.7 Å². The lowest BCUT2D eigenvalue weighted by Gasteiger charge is -2.18. The van der Waals surface area contributed by atoms with E-state index in [9.17, 15) is 0 Å². The Kier molecular flexibility index (Phi) is 7.26. The van der Waals surface area contributed by atoms with Crippen LogP contribution in [0.3, 0.4) is 0 Å². The minimum absolute atomic E-state index is 0.0170. The minimum atomic E-state index is -0.0170. The number of methoxy groups -OCH3 is 1.